The van der Waals surface area contributed by atoms with Crippen molar-refractivity contribution in [2.24, 2.45) is 0 Å². The van der Waals surface area contributed by atoms with Crippen LogP contribution in [0.5, 0.6) is 0 Å². The van der Waals surface area contributed by atoms with Crippen molar-refractivity contribution in [3.63, 3.8) is 0 Å². The highest BCUT2D eigenvalue weighted by atomic mass is 35.5. The highest BCUT2D eigenvalue weighted by molar-refractivity contribution is 7.86. The normalized spacial score (nSPS) is 13.9. The second kappa shape index (κ2) is 7.12. The molecule has 0 aromatic heterocycles. The van der Waals surface area contributed by atoms with Crippen molar-refractivity contribution in [3.8, 4) is 0 Å². The van der Waals surface area contributed by atoms with Gasteiger partial charge >= 0.3 is 0 Å². The van der Waals surface area contributed by atoms with Gasteiger partial charge in [-0.2, -0.15) is 0 Å². The van der Waals surface area contributed by atoms with Crippen LogP contribution in [0.1, 0.15) is 20.3 Å². The Labute approximate surface area is 125 Å². The summed E-state index contributed by atoms with van der Waals surface area (Å²) < 4.78 is 11.8. The van der Waals surface area contributed by atoms with Gasteiger partial charge in [0.1, 0.15) is 5.75 Å². The van der Waals surface area contributed by atoms with Gasteiger partial charge in [0.25, 0.3) is 0 Å². The SMILES string of the molecule is CCC(C)S(=O)CC(=O)Nc1c(N)cc(Cl)cc1Cl. The number of carbonyl (C=O) groups is 1. The van der Waals surface area contributed by atoms with E-state index in [1.165, 1.54) is 12.1 Å². The molecule has 19 heavy (non-hydrogen) atoms. The molecule has 1 aromatic rings. The molecule has 7 heteroatoms. The molecule has 3 N–H and O–H groups in total. The monoisotopic (exact) mass is 322 g/mol. The number of nitrogen functional groups attached to an aromatic ring is 1. The van der Waals surface area contributed by atoms with Gasteiger partial charge in [0.2, 0.25) is 5.91 Å². The second-order valence-corrected chi connectivity index (χ2v) is 6.84. The summed E-state index contributed by atoms with van der Waals surface area (Å²) in [5.41, 5.74) is 6.31. The first-order valence-electron chi connectivity index (χ1n) is 5.76. The number of amides is 1. The number of hydrogen-bond donors (Lipinski definition) is 2. The summed E-state index contributed by atoms with van der Waals surface area (Å²) >= 11 is 11.7. The summed E-state index contributed by atoms with van der Waals surface area (Å²) in [6, 6.07) is 2.98. The summed E-state index contributed by atoms with van der Waals surface area (Å²) in [4.78, 5) is 11.8. The van der Waals surface area contributed by atoms with Crippen LogP contribution in [0.25, 0.3) is 0 Å². The lowest BCUT2D eigenvalue weighted by Gasteiger charge is -2.12. The molecule has 0 bridgehead atoms. The predicted molar refractivity (Wildman–Crippen MR) is 82.3 cm³/mol. The maximum absolute atomic E-state index is 11.8. The molecule has 2 atom stereocenters. The van der Waals surface area contributed by atoms with Crippen molar-refractivity contribution in [2.75, 3.05) is 16.8 Å². The maximum atomic E-state index is 11.8. The molecule has 0 radical (unpaired) electrons. The number of anilines is 2. The quantitative estimate of drug-likeness (QED) is 0.818. The Morgan fingerprint density at radius 3 is 2.63 bits per heavy atom. The van der Waals surface area contributed by atoms with Crippen LogP contribution in [0.3, 0.4) is 0 Å². The van der Waals surface area contributed by atoms with E-state index in [4.69, 9.17) is 28.9 Å². The fourth-order valence-electron chi connectivity index (χ4n) is 1.36. The number of hydrogen-bond acceptors (Lipinski definition) is 3. The smallest absolute Gasteiger partial charge is 0.237 e. The van der Waals surface area contributed by atoms with E-state index in [-0.39, 0.29) is 27.6 Å². The first-order chi connectivity index (χ1) is 8.85. The van der Waals surface area contributed by atoms with Crippen LogP contribution in [-0.2, 0) is 15.6 Å². The molecule has 1 aromatic carbocycles. The molecule has 0 saturated heterocycles. The Morgan fingerprint density at radius 1 is 1.47 bits per heavy atom. The summed E-state index contributed by atoms with van der Waals surface area (Å²) in [5.74, 6) is -0.456. The van der Waals surface area contributed by atoms with E-state index in [9.17, 15) is 9.00 Å². The Hall–Kier alpha value is -0.780. The number of rotatable bonds is 5. The molecule has 1 amide bonds. The fourth-order valence-corrected chi connectivity index (χ4v) is 2.90. The zero-order valence-electron chi connectivity index (χ0n) is 10.7. The third kappa shape index (κ3) is 4.67. The Kier molecular flexibility index (Phi) is 6.10. The zero-order valence-corrected chi connectivity index (χ0v) is 13.0. The van der Waals surface area contributed by atoms with E-state index in [0.29, 0.717) is 10.7 Å². The number of benzene rings is 1. The molecular formula is C12H16Cl2N2O2S. The highest BCUT2D eigenvalue weighted by Gasteiger charge is 2.16. The van der Waals surface area contributed by atoms with E-state index in [0.717, 1.165) is 6.42 Å². The number of nitrogens with two attached hydrogens (primary N) is 1. The molecule has 0 saturated carbocycles. The molecule has 4 nitrogen and oxygen atoms in total. The van der Waals surface area contributed by atoms with Crippen molar-refractivity contribution >= 4 is 51.3 Å². The van der Waals surface area contributed by atoms with Crippen LogP contribution in [-0.4, -0.2) is 21.1 Å². The fraction of sp³-hybridized carbons (Fsp3) is 0.417. The molecular weight excluding hydrogens is 307 g/mol. The second-order valence-electron chi connectivity index (χ2n) is 4.14. The summed E-state index contributed by atoms with van der Waals surface area (Å²) in [5, 5.41) is 3.19. The minimum atomic E-state index is -1.21. The first-order valence-corrected chi connectivity index (χ1v) is 7.90. The standard InChI is InChI=1S/C12H16Cl2N2O2S/c1-3-7(2)19(18)6-11(17)16-12-9(14)4-8(13)5-10(12)15/h4-5,7H,3,6,15H2,1-2H3,(H,16,17). The minimum Gasteiger partial charge on any atom is -0.397 e. The lowest BCUT2D eigenvalue weighted by atomic mass is 10.2. The Balaban J connectivity index is 2.76. The van der Waals surface area contributed by atoms with Gasteiger partial charge in [-0.1, -0.05) is 37.0 Å². The van der Waals surface area contributed by atoms with Gasteiger partial charge in [0.05, 0.1) is 16.4 Å². The Bertz CT molecular complexity index is 485. The molecule has 0 fully saturated rings. The van der Waals surface area contributed by atoms with Gasteiger partial charge < -0.3 is 11.1 Å². The van der Waals surface area contributed by atoms with E-state index in [2.05, 4.69) is 5.32 Å². The molecule has 0 aliphatic carbocycles. The Morgan fingerprint density at radius 2 is 2.11 bits per heavy atom. The van der Waals surface area contributed by atoms with Crippen LogP contribution < -0.4 is 11.1 Å². The summed E-state index contributed by atoms with van der Waals surface area (Å²) in [6.45, 7) is 3.77. The maximum Gasteiger partial charge on any atom is 0.237 e. The van der Waals surface area contributed by atoms with Crippen molar-refractivity contribution in [3.05, 3.63) is 22.2 Å². The van der Waals surface area contributed by atoms with Crippen LogP contribution in [0.15, 0.2) is 12.1 Å². The van der Waals surface area contributed by atoms with Crippen molar-refractivity contribution in [1.82, 2.24) is 0 Å². The highest BCUT2D eigenvalue weighted by Crippen LogP contribution is 2.31. The third-order valence-corrected chi connectivity index (χ3v) is 4.94. The summed E-state index contributed by atoms with van der Waals surface area (Å²) in [7, 11) is -1.21. The summed E-state index contributed by atoms with van der Waals surface area (Å²) in [6.07, 6.45) is 0.754. The van der Waals surface area contributed by atoms with E-state index >= 15 is 0 Å². The van der Waals surface area contributed by atoms with Crippen molar-refractivity contribution < 1.29 is 9.00 Å². The first kappa shape index (κ1) is 16.3. The van der Waals surface area contributed by atoms with Crippen LogP contribution in [0, 0.1) is 0 Å². The van der Waals surface area contributed by atoms with E-state index < -0.39 is 10.8 Å². The van der Waals surface area contributed by atoms with Crippen LogP contribution >= 0.6 is 23.2 Å². The number of carbonyl (C=O) groups excluding carboxylic acids is 1. The predicted octanol–water partition coefficient (Wildman–Crippen LogP) is 3.06. The van der Waals surface area contributed by atoms with Gasteiger partial charge in [-0.3, -0.25) is 9.00 Å². The van der Waals surface area contributed by atoms with Gasteiger partial charge in [0.15, 0.2) is 0 Å². The largest absolute Gasteiger partial charge is 0.397 e. The van der Waals surface area contributed by atoms with Crippen molar-refractivity contribution in [1.29, 1.82) is 0 Å². The van der Waals surface area contributed by atoms with Gasteiger partial charge in [-0.25, -0.2) is 0 Å². The van der Waals surface area contributed by atoms with Gasteiger partial charge in [0, 0.05) is 21.1 Å². The van der Waals surface area contributed by atoms with E-state index in [1.54, 1.807) is 0 Å². The number of halogens is 2. The third-order valence-electron chi connectivity index (χ3n) is 2.65. The topological polar surface area (TPSA) is 72.2 Å². The molecule has 0 aliphatic rings. The lowest BCUT2D eigenvalue weighted by Crippen LogP contribution is -2.24. The van der Waals surface area contributed by atoms with Crippen LogP contribution in [0.4, 0.5) is 11.4 Å². The minimum absolute atomic E-state index is 0.0243. The van der Waals surface area contributed by atoms with Gasteiger partial charge in [-0.15, -0.1) is 0 Å². The van der Waals surface area contributed by atoms with Gasteiger partial charge in [-0.05, 0) is 18.6 Å². The molecule has 1 rings (SSSR count). The average molecular weight is 323 g/mol. The molecule has 0 spiro atoms. The zero-order chi connectivity index (χ0) is 14.6. The lowest BCUT2D eigenvalue weighted by molar-refractivity contribution is -0.113. The molecule has 0 heterocycles. The van der Waals surface area contributed by atoms with E-state index in [1.807, 2.05) is 13.8 Å². The molecule has 106 valence electrons. The molecule has 0 aliphatic heterocycles. The number of nitrogens with one attached hydrogen (secondary N) is 1. The van der Waals surface area contributed by atoms with Crippen LogP contribution in [0.2, 0.25) is 10.0 Å². The average Bonchev–Trinajstić information content (AvgIpc) is 2.32. The van der Waals surface area contributed by atoms with Crippen molar-refractivity contribution in [2.45, 2.75) is 25.5 Å². The molecule has 2 unspecified atom stereocenters.